The highest BCUT2D eigenvalue weighted by Crippen LogP contribution is 2.27. The van der Waals surface area contributed by atoms with Crippen LogP contribution in [0.2, 0.25) is 10.3 Å². The monoisotopic (exact) mass is 275 g/mol. The lowest BCUT2D eigenvalue weighted by atomic mass is 9.91. The fraction of sp³-hybridized carbons (Fsp3) is 0.500. The van der Waals surface area contributed by atoms with Crippen molar-refractivity contribution in [2.24, 2.45) is 0 Å². The molecule has 1 aromatic heterocycles. The Morgan fingerprint density at radius 1 is 1.53 bits per heavy atom. The fourth-order valence-corrected chi connectivity index (χ4v) is 2.02. The molecule has 1 amide bonds. The Balaban J connectivity index is 2.14. The second-order valence-corrected chi connectivity index (χ2v) is 4.86. The molecule has 1 aliphatic rings. The zero-order chi connectivity index (χ0) is 12.6. The van der Waals surface area contributed by atoms with Crippen molar-refractivity contribution >= 4 is 29.1 Å². The Hall–Kier alpha value is -0.910. The summed E-state index contributed by atoms with van der Waals surface area (Å²) in [6.07, 6.45) is 0.611. The number of rotatable bonds is 2. The average molecular weight is 276 g/mol. The van der Waals surface area contributed by atoms with Gasteiger partial charge in [-0.05, 0) is 12.5 Å². The van der Waals surface area contributed by atoms with Gasteiger partial charge in [0.25, 0.3) is 5.91 Å². The largest absolute Gasteiger partial charge is 0.386 e. The second kappa shape index (κ2) is 4.40. The van der Waals surface area contributed by atoms with Crippen LogP contribution in [0.4, 0.5) is 0 Å². The molecule has 0 aliphatic carbocycles. The second-order valence-electron chi connectivity index (χ2n) is 4.11. The van der Waals surface area contributed by atoms with Crippen molar-refractivity contribution in [3.05, 3.63) is 21.9 Å². The number of carbonyl (C=O) groups excluding carboxylic acids is 1. The lowest BCUT2D eigenvalue weighted by molar-refractivity contribution is -0.0826. The number of aromatic nitrogens is 2. The van der Waals surface area contributed by atoms with Gasteiger partial charge in [-0.1, -0.05) is 30.1 Å². The lowest BCUT2D eigenvalue weighted by Gasteiger charge is -2.46. The van der Waals surface area contributed by atoms with Crippen LogP contribution in [0.5, 0.6) is 0 Å². The van der Waals surface area contributed by atoms with E-state index in [2.05, 4.69) is 10.2 Å². The maximum atomic E-state index is 12.0. The van der Waals surface area contributed by atoms with Crippen LogP contribution in [0.3, 0.4) is 0 Å². The standard InChI is InChI=1S/C10H11Cl2N3O2/c1-2-10(17)4-15(5-10)9(16)6-3-7(11)13-14-8(6)12/h3,17H,2,4-5H2,1H3. The Kier molecular flexibility index (Phi) is 3.25. The van der Waals surface area contributed by atoms with Crippen molar-refractivity contribution in [1.29, 1.82) is 0 Å². The van der Waals surface area contributed by atoms with Gasteiger partial charge in [0.05, 0.1) is 24.3 Å². The third-order valence-electron chi connectivity index (χ3n) is 2.87. The number of hydrogen-bond acceptors (Lipinski definition) is 4. The summed E-state index contributed by atoms with van der Waals surface area (Å²) in [7, 11) is 0. The van der Waals surface area contributed by atoms with Crippen LogP contribution in [0.15, 0.2) is 6.07 Å². The maximum Gasteiger partial charge on any atom is 0.257 e. The maximum absolute atomic E-state index is 12.0. The van der Waals surface area contributed by atoms with E-state index in [1.165, 1.54) is 11.0 Å². The Labute approximate surface area is 108 Å². The first kappa shape index (κ1) is 12.5. The highest BCUT2D eigenvalue weighted by Gasteiger charge is 2.42. The van der Waals surface area contributed by atoms with E-state index in [0.717, 1.165) is 0 Å². The molecule has 5 nitrogen and oxygen atoms in total. The molecule has 0 atom stereocenters. The first-order valence-electron chi connectivity index (χ1n) is 5.15. The molecule has 1 N–H and O–H groups in total. The summed E-state index contributed by atoms with van der Waals surface area (Å²) >= 11 is 11.4. The van der Waals surface area contributed by atoms with Crippen LogP contribution < -0.4 is 0 Å². The van der Waals surface area contributed by atoms with Crippen LogP contribution in [0.1, 0.15) is 23.7 Å². The molecule has 0 aromatic carbocycles. The third kappa shape index (κ3) is 2.36. The molecule has 17 heavy (non-hydrogen) atoms. The number of nitrogens with zero attached hydrogens (tertiary/aromatic N) is 3. The third-order valence-corrected chi connectivity index (χ3v) is 3.33. The molecule has 0 spiro atoms. The summed E-state index contributed by atoms with van der Waals surface area (Å²) in [6.45, 7) is 2.48. The summed E-state index contributed by atoms with van der Waals surface area (Å²) in [6, 6.07) is 1.38. The van der Waals surface area contributed by atoms with Crippen LogP contribution in [-0.4, -0.2) is 44.8 Å². The number of β-amino-alcohol motifs (C(OH)–C–C–N with tert-alkyl or cyclic N) is 1. The SMILES string of the molecule is CCC1(O)CN(C(=O)c2cc(Cl)nnc2Cl)C1. The van der Waals surface area contributed by atoms with Crippen molar-refractivity contribution in [3.63, 3.8) is 0 Å². The predicted octanol–water partition coefficient (Wildman–Crippen LogP) is 1.38. The number of halogens is 2. The van der Waals surface area contributed by atoms with E-state index >= 15 is 0 Å². The Morgan fingerprint density at radius 2 is 2.18 bits per heavy atom. The zero-order valence-corrected chi connectivity index (χ0v) is 10.7. The van der Waals surface area contributed by atoms with Gasteiger partial charge in [0.2, 0.25) is 0 Å². The van der Waals surface area contributed by atoms with Crippen molar-refractivity contribution in [2.45, 2.75) is 18.9 Å². The molecule has 0 bridgehead atoms. The normalized spacial score (nSPS) is 17.8. The lowest BCUT2D eigenvalue weighted by Crippen LogP contribution is -2.63. The van der Waals surface area contributed by atoms with Gasteiger partial charge in [0.1, 0.15) is 0 Å². The summed E-state index contributed by atoms with van der Waals surface area (Å²) in [5.41, 5.74) is -0.559. The van der Waals surface area contributed by atoms with Gasteiger partial charge in [0, 0.05) is 0 Å². The molecule has 92 valence electrons. The number of likely N-dealkylation sites (tertiary alicyclic amines) is 1. The minimum atomic E-state index is -0.771. The quantitative estimate of drug-likeness (QED) is 0.886. The van der Waals surface area contributed by atoms with Crippen LogP contribution >= 0.6 is 23.2 Å². The Morgan fingerprint density at radius 3 is 2.76 bits per heavy atom. The highest BCUT2D eigenvalue weighted by molar-refractivity contribution is 6.34. The first-order valence-corrected chi connectivity index (χ1v) is 5.91. The molecule has 1 fully saturated rings. The molecule has 0 radical (unpaired) electrons. The van der Waals surface area contributed by atoms with Crippen molar-refractivity contribution in [1.82, 2.24) is 15.1 Å². The van der Waals surface area contributed by atoms with Gasteiger partial charge in [-0.3, -0.25) is 4.79 Å². The molecule has 1 aromatic rings. The molecule has 2 rings (SSSR count). The van der Waals surface area contributed by atoms with Crippen LogP contribution in [-0.2, 0) is 0 Å². The zero-order valence-electron chi connectivity index (χ0n) is 9.15. The van der Waals surface area contributed by atoms with Gasteiger partial charge in [-0.25, -0.2) is 0 Å². The smallest absolute Gasteiger partial charge is 0.257 e. The minimum absolute atomic E-state index is 0.0198. The minimum Gasteiger partial charge on any atom is -0.386 e. The molecule has 0 saturated carbocycles. The molecule has 7 heteroatoms. The number of amides is 1. The van der Waals surface area contributed by atoms with E-state index in [1.807, 2.05) is 6.92 Å². The highest BCUT2D eigenvalue weighted by atomic mass is 35.5. The first-order chi connectivity index (χ1) is 7.95. The van der Waals surface area contributed by atoms with Crippen LogP contribution in [0.25, 0.3) is 0 Å². The number of hydrogen-bond donors (Lipinski definition) is 1. The molecule has 1 aliphatic heterocycles. The predicted molar refractivity (Wildman–Crippen MR) is 63.2 cm³/mol. The van der Waals surface area contributed by atoms with Crippen molar-refractivity contribution < 1.29 is 9.90 Å². The van der Waals surface area contributed by atoms with E-state index in [9.17, 15) is 9.90 Å². The van der Waals surface area contributed by atoms with E-state index < -0.39 is 5.60 Å². The van der Waals surface area contributed by atoms with E-state index in [4.69, 9.17) is 23.2 Å². The van der Waals surface area contributed by atoms with Gasteiger partial charge in [0.15, 0.2) is 10.3 Å². The van der Waals surface area contributed by atoms with Crippen LogP contribution in [0, 0.1) is 0 Å². The number of carbonyl (C=O) groups is 1. The van der Waals surface area contributed by atoms with Gasteiger partial charge in [-0.15, -0.1) is 10.2 Å². The van der Waals surface area contributed by atoms with E-state index in [1.54, 1.807) is 0 Å². The summed E-state index contributed by atoms with van der Waals surface area (Å²) in [5, 5.41) is 17.1. The molecular weight excluding hydrogens is 265 g/mol. The summed E-state index contributed by atoms with van der Waals surface area (Å²) in [4.78, 5) is 13.5. The molecule has 0 unspecified atom stereocenters. The molecule has 2 heterocycles. The van der Waals surface area contributed by atoms with E-state index in [-0.39, 0.29) is 21.8 Å². The fourth-order valence-electron chi connectivity index (χ4n) is 1.70. The Bertz CT molecular complexity index is 461. The van der Waals surface area contributed by atoms with Gasteiger partial charge >= 0.3 is 0 Å². The van der Waals surface area contributed by atoms with E-state index in [0.29, 0.717) is 19.5 Å². The summed E-state index contributed by atoms with van der Waals surface area (Å²) < 4.78 is 0. The number of aliphatic hydroxyl groups is 1. The van der Waals surface area contributed by atoms with Gasteiger partial charge < -0.3 is 10.0 Å². The average Bonchev–Trinajstić information content (AvgIpc) is 2.27. The molecule has 1 saturated heterocycles. The molecular formula is C10H11Cl2N3O2. The summed E-state index contributed by atoms with van der Waals surface area (Å²) in [5.74, 6) is -0.287. The van der Waals surface area contributed by atoms with Crippen molar-refractivity contribution in [2.75, 3.05) is 13.1 Å². The van der Waals surface area contributed by atoms with Crippen molar-refractivity contribution in [3.8, 4) is 0 Å². The topological polar surface area (TPSA) is 66.3 Å². The van der Waals surface area contributed by atoms with Gasteiger partial charge in [-0.2, -0.15) is 0 Å².